The molecule has 4 aromatic rings. The van der Waals surface area contributed by atoms with Gasteiger partial charge in [-0.1, -0.05) is 23.8 Å². The second-order valence-electron chi connectivity index (χ2n) is 7.72. The number of fused-ring (bicyclic) bond motifs is 1. The summed E-state index contributed by atoms with van der Waals surface area (Å²) in [5, 5.41) is 2.75. The van der Waals surface area contributed by atoms with Crippen molar-refractivity contribution in [1.82, 2.24) is 4.57 Å². The van der Waals surface area contributed by atoms with E-state index in [-0.39, 0.29) is 5.56 Å². The summed E-state index contributed by atoms with van der Waals surface area (Å²) in [6, 6.07) is 15.1. The van der Waals surface area contributed by atoms with Gasteiger partial charge < -0.3 is 9.30 Å². The van der Waals surface area contributed by atoms with Gasteiger partial charge >= 0.3 is 0 Å². The Bertz CT molecular complexity index is 1250. The average Bonchev–Trinajstić information content (AvgIpc) is 3.16. The summed E-state index contributed by atoms with van der Waals surface area (Å²) < 4.78 is 23.1. The SMILES string of the molecule is Cc1ccc(Oc2ccc(C(C)(C)F)cc2-c2cn(C)c(=O)c3sccc23)cc1. The van der Waals surface area contributed by atoms with Crippen LogP contribution in [0.2, 0.25) is 0 Å². The van der Waals surface area contributed by atoms with Crippen LogP contribution in [-0.4, -0.2) is 4.57 Å². The average molecular weight is 408 g/mol. The molecule has 2 aromatic carbocycles. The second-order valence-corrected chi connectivity index (χ2v) is 8.64. The van der Waals surface area contributed by atoms with E-state index >= 15 is 0 Å². The van der Waals surface area contributed by atoms with Gasteiger partial charge in [0.2, 0.25) is 0 Å². The van der Waals surface area contributed by atoms with E-state index in [0.29, 0.717) is 21.8 Å². The smallest absolute Gasteiger partial charge is 0.268 e. The van der Waals surface area contributed by atoms with E-state index in [9.17, 15) is 9.18 Å². The normalized spacial score (nSPS) is 11.8. The van der Waals surface area contributed by atoms with Gasteiger partial charge in [0, 0.05) is 29.8 Å². The first-order chi connectivity index (χ1) is 13.7. The summed E-state index contributed by atoms with van der Waals surface area (Å²) >= 11 is 1.41. The zero-order chi connectivity index (χ0) is 20.8. The number of thiophene rings is 1. The third-order valence-electron chi connectivity index (χ3n) is 5.00. The number of hydrogen-bond donors (Lipinski definition) is 0. The van der Waals surface area contributed by atoms with Gasteiger partial charge in [-0.05, 0) is 62.0 Å². The van der Waals surface area contributed by atoms with Crippen molar-refractivity contribution in [2.75, 3.05) is 0 Å². The van der Waals surface area contributed by atoms with Crippen LogP contribution in [0.3, 0.4) is 0 Å². The fraction of sp³-hybridized carbons (Fsp3) is 0.208. The fourth-order valence-corrected chi connectivity index (χ4v) is 4.21. The Labute approximate surface area is 173 Å². The molecule has 4 rings (SSSR count). The molecule has 29 heavy (non-hydrogen) atoms. The van der Waals surface area contributed by atoms with E-state index in [1.807, 2.05) is 48.7 Å². The molecular weight excluding hydrogens is 385 g/mol. The van der Waals surface area contributed by atoms with Gasteiger partial charge in [0.05, 0.1) is 0 Å². The maximum atomic E-state index is 14.7. The van der Waals surface area contributed by atoms with Crippen LogP contribution < -0.4 is 10.3 Å². The van der Waals surface area contributed by atoms with E-state index < -0.39 is 5.67 Å². The van der Waals surface area contributed by atoms with Gasteiger partial charge in [-0.25, -0.2) is 4.39 Å². The number of alkyl halides is 1. The first-order valence-corrected chi connectivity index (χ1v) is 10.3. The number of aryl methyl sites for hydroxylation is 2. The molecule has 0 amide bonds. The molecule has 0 saturated carbocycles. The quantitative estimate of drug-likeness (QED) is 0.383. The van der Waals surface area contributed by atoms with Crippen molar-refractivity contribution in [3.8, 4) is 22.6 Å². The van der Waals surface area contributed by atoms with Gasteiger partial charge in [0.25, 0.3) is 5.56 Å². The highest BCUT2D eigenvalue weighted by Gasteiger charge is 2.22. The summed E-state index contributed by atoms with van der Waals surface area (Å²) in [6.45, 7) is 5.09. The molecule has 0 radical (unpaired) electrons. The minimum Gasteiger partial charge on any atom is -0.457 e. The lowest BCUT2D eigenvalue weighted by atomic mass is 9.94. The van der Waals surface area contributed by atoms with Crippen molar-refractivity contribution < 1.29 is 9.13 Å². The minimum atomic E-state index is -1.49. The number of nitrogens with zero attached hydrogens (tertiary/aromatic N) is 1. The molecule has 2 aromatic heterocycles. The van der Waals surface area contributed by atoms with E-state index in [0.717, 1.165) is 22.1 Å². The van der Waals surface area contributed by atoms with E-state index in [1.54, 1.807) is 29.9 Å². The van der Waals surface area contributed by atoms with Gasteiger partial charge in [-0.15, -0.1) is 11.3 Å². The zero-order valence-corrected chi connectivity index (χ0v) is 17.6. The van der Waals surface area contributed by atoms with Gasteiger partial charge in [-0.3, -0.25) is 4.79 Å². The van der Waals surface area contributed by atoms with E-state index in [1.165, 1.54) is 25.2 Å². The number of pyridine rings is 1. The van der Waals surface area contributed by atoms with Crippen LogP contribution in [0, 0.1) is 6.92 Å². The summed E-state index contributed by atoms with van der Waals surface area (Å²) in [6.07, 6.45) is 1.80. The lowest BCUT2D eigenvalue weighted by Crippen LogP contribution is -2.15. The summed E-state index contributed by atoms with van der Waals surface area (Å²) in [7, 11) is 1.73. The largest absolute Gasteiger partial charge is 0.457 e. The van der Waals surface area contributed by atoms with Crippen molar-refractivity contribution in [2.45, 2.75) is 26.4 Å². The highest BCUT2D eigenvalue weighted by molar-refractivity contribution is 7.17. The first kappa shape index (κ1) is 19.4. The molecule has 2 heterocycles. The van der Waals surface area contributed by atoms with E-state index in [2.05, 4.69) is 0 Å². The number of hydrogen-bond acceptors (Lipinski definition) is 3. The maximum absolute atomic E-state index is 14.7. The van der Waals surface area contributed by atoms with Crippen molar-refractivity contribution in [2.24, 2.45) is 7.05 Å². The number of rotatable bonds is 4. The molecule has 5 heteroatoms. The molecule has 3 nitrogen and oxygen atoms in total. The standard InChI is InChI=1S/C24H22FNO2S/c1-15-5-8-17(9-6-15)28-21-10-7-16(24(2,3)25)13-19(21)20-14-26(4)23(27)22-18(20)11-12-29-22/h5-14H,1-4H3. The molecule has 0 bridgehead atoms. The Morgan fingerprint density at radius 3 is 2.45 bits per heavy atom. The molecule has 148 valence electrons. The Hall–Kier alpha value is -2.92. The number of aromatic nitrogens is 1. The molecule has 0 aliphatic heterocycles. The number of ether oxygens (including phenoxy) is 1. The van der Waals surface area contributed by atoms with Gasteiger partial charge in [0.15, 0.2) is 0 Å². The molecule has 0 aliphatic rings. The predicted molar refractivity (Wildman–Crippen MR) is 118 cm³/mol. The molecule has 0 unspecified atom stereocenters. The van der Waals surface area contributed by atoms with Gasteiger partial charge in [0.1, 0.15) is 21.9 Å². The molecule has 0 aliphatic carbocycles. The zero-order valence-electron chi connectivity index (χ0n) is 16.8. The molecule has 0 saturated heterocycles. The molecule has 0 spiro atoms. The van der Waals surface area contributed by atoms with Crippen LogP contribution in [0.1, 0.15) is 25.0 Å². The lowest BCUT2D eigenvalue weighted by molar-refractivity contribution is 0.221. The number of halogens is 1. The molecular formula is C24H22FNO2S. The Morgan fingerprint density at radius 2 is 1.76 bits per heavy atom. The first-order valence-electron chi connectivity index (χ1n) is 9.39. The monoisotopic (exact) mass is 407 g/mol. The van der Waals surface area contributed by atoms with E-state index in [4.69, 9.17) is 4.74 Å². The second kappa shape index (κ2) is 7.16. The highest BCUT2D eigenvalue weighted by atomic mass is 32.1. The fourth-order valence-electron chi connectivity index (χ4n) is 3.32. The Morgan fingerprint density at radius 1 is 1.03 bits per heavy atom. The third-order valence-corrected chi connectivity index (χ3v) is 5.90. The topological polar surface area (TPSA) is 31.2 Å². The van der Waals surface area contributed by atoms with Crippen LogP contribution in [0.5, 0.6) is 11.5 Å². The molecule has 0 atom stereocenters. The van der Waals surface area contributed by atoms with Crippen LogP contribution in [0.25, 0.3) is 21.2 Å². The Balaban J connectivity index is 1.95. The maximum Gasteiger partial charge on any atom is 0.268 e. The summed E-state index contributed by atoms with van der Waals surface area (Å²) in [5.74, 6) is 1.32. The molecule has 0 fully saturated rings. The third kappa shape index (κ3) is 3.70. The molecule has 0 N–H and O–H groups in total. The van der Waals surface area contributed by atoms with Crippen LogP contribution >= 0.6 is 11.3 Å². The highest BCUT2D eigenvalue weighted by Crippen LogP contribution is 2.40. The minimum absolute atomic E-state index is 0.0401. The van der Waals surface area contributed by atoms with Crippen molar-refractivity contribution in [3.05, 3.63) is 81.6 Å². The van der Waals surface area contributed by atoms with Gasteiger partial charge in [-0.2, -0.15) is 0 Å². The summed E-state index contributed by atoms with van der Waals surface area (Å²) in [5.41, 5.74) is 1.77. The van der Waals surface area contributed by atoms with Crippen molar-refractivity contribution in [3.63, 3.8) is 0 Å². The number of benzene rings is 2. The predicted octanol–water partition coefficient (Wildman–Crippen LogP) is 6.57. The summed E-state index contributed by atoms with van der Waals surface area (Å²) in [4.78, 5) is 12.5. The Kier molecular flexibility index (Phi) is 4.79. The van der Waals surface area contributed by atoms with Crippen LogP contribution in [-0.2, 0) is 12.7 Å². The lowest BCUT2D eigenvalue weighted by Gasteiger charge is -2.19. The van der Waals surface area contributed by atoms with Crippen molar-refractivity contribution in [1.29, 1.82) is 0 Å². The van der Waals surface area contributed by atoms with Crippen LogP contribution in [0.15, 0.2) is 64.9 Å². The van der Waals surface area contributed by atoms with Crippen molar-refractivity contribution >= 4 is 21.4 Å². The van der Waals surface area contributed by atoms with Crippen LogP contribution in [0.4, 0.5) is 4.39 Å².